The van der Waals surface area contributed by atoms with Gasteiger partial charge in [-0.25, -0.2) is 4.98 Å². The highest BCUT2D eigenvalue weighted by Crippen LogP contribution is 2.26. The van der Waals surface area contributed by atoms with Crippen molar-refractivity contribution in [1.29, 1.82) is 0 Å². The van der Waals surface area contributed by atoms with Crippen molar-refractivity contribution in [1.82, 2.24) is 20.6 Å². The SMILES string of the molecule is C=CC(C)(C)c1[nH]cnc1/C=C1\NC(=O)C(Cc2ccc(OC)cc2)NC1=O. The molecule has 1 unspecified atom stereocenters. The first-order chi connectivity index (χ1) is 13.3. The van der Waals surface area contributed by atoms with Crippen LogP contribution in [0.5, 0.6) is 5.75 Å². The molecule has 1 saturated heterocycles. The van der Waals surface area contributed by atoms with Crippen LogP contribution in [0, 0.1) is 0 Å². The molecule has 0 bridgehead atoms. The number of benzene rings is 1. The van der Waals surface area contributed by atoms with E-state index in [1.165, 1.54) is 0 Å². The van der Waals surface area contributed by atoms with Crippen LogP contribution in [0.15, 0.2) is 48.9 Å². The largest absolute Gasteiger partial charge is 0.497 e. The average molecular weight is 380 g/mol. The highest BCUT2D eigenvalue weighted by Gasteiger charge is 2.31. The standard InChI is InChI=1S/C21H24N4O3/c1-5-21(2,3)18-15(22-12-23-18)11-17-20(27)24-16(19(26)25-17)10-13-6-8-14(28-4)9-7-13/h5-9,11-12,16H,1,10H2,2-4H3,(H,22,23)(H,24,27)(H,25,26)/b17-11-. The van der Waals surface area contributed by atoms with Crippen LogP contribution >= 0.6 is 0 Å². The second-order valence-electron chi connectivity index (χ2n) is 7.21. The van der Waals surface area contributed by atoms with Crippen LogP contribution in [0.1, 0.15) is 30.8 Å². The highest BCUT2D eigenvalue weighted by molar-refractivity contribution is 6.07. The molecule has 7 nitrogen and oxygen atoms in total. The van der Waals surface area contributed by atoms with Crippen LogP contribution in [0.2, 0.25) is 0 Å². The zero-order valence-electron chi connectivity index (χ0n) is 16.2. The Morgan fingerprint density at radius 3 is 2.61 bits per heavy atom. The fourth-order valence-corrected chi connectivity index (χ4v) is 2.99. The number of imidazole rings is 1. The van der Waals surface area contributed by atoms with Gasteiger partial charge in [0.05, 0.1) is 24.8 Å². The molecule has 3 N–H and O–H groups in total. The second kappa shape index (κ2) is 7.72. The van der Waals surface area contributed by atoms with Gasteiger partial charge in [0.2, 0.25) is 5.91 Å². The number of H-pyrrole nitrogens is 1. The summed E-state index contributed by atoms with van der Waals surface area (Å²) in [7, 11) is 1.60. The lowest BCUT2D eigenvalue weighted by Gasteiger charge is -2.25. The van der Waals surface area contributed by atoms with Gasteiger partial charge < -0.3 is 20.4 Å². The van der Waals surface area contributed by atoms with E-state index in [0.717, 1.165) is 17.0 Å². The molecule has 2 aromatic rings. The predicted octanol–water partition coefficient (Wildman–Crippen LogP) is 2.08. The van der Waals surface area contributed by atoms with Gasteiger partial charge in [-0.3, -0.25) is 9.59 Å². The number of hydrogen-bond acceptors (Lipinski definition) is 4. The van der Waals surface area contributed by atoms with Gasteiger partial charge in [-0.15, -0.1) is 6.58 Å². The number of aromatic nitrogens is 2. The molecule has 146 valence electrons. The van der Waals surface area contributed by atoms with Crippen LogP contribution in [-0.2, 0) is 21.4 Å². The van der Waals surface area contributed by atoms with Gasteiger partial charge in [-0.2, -0.15) is 0 Å². The van der Waals surface area contributed by atoms with E-state index in [1.807, 2.05) is 38.1 Å². The van der Waals surface area contributed by atoms with Gasteiger partial charge in [-0.1, -0.05) is 32.1 Å². The topological polar surface area (TPSA) is 96.1 Å². The third-order valence-corrected chi connectivity index (χ3v) is 4.83. The smallest absolute Gasteiger partial charge is 0.268 e. The van der Waals surface area contributed by atoms with Gasteiger partial charge in [0, 0.05) is 11.8 Å². The summed E-state index contributed by atoms with van der Waals surface area (Å²) in [4.78, 5) is 32.4. The number of nitrogens with zero attached hydrogens (tertiary/aromatic N) is 1. The number of ether oxygens (including phenoxy) is 1. The Balaban J connectivity index is 1.76. The predicted molar refractivity (Wildman–Crippen MR) is 107 cm³/mol. The Hall–Kier alpha value is -3.35. The number of aromatic amines is 1. The van der Waals surface area contributed by atoms with Crippen molar-refractivity contribution in [2.24, 2.45) is 0 Å². The quantitative estimate of drug-likeness (QED) is 0.528. The number of piperazine rings is 1. The van der Waals surface area contributed by atoms with Crippen LogP contribution in [0.3, 0.4) is 0 Å². The molecule has 0 radical (unpaired) electrons. The number of rotatable bonds is 6. The molecule has 1 aromatic heterocycles. The average Bonchev–Trinajstić information content (AvgIpc) is 3.15. The van der Waals surface area contributed by atoms with Gasteiger partial charge in [-0.05, 0) is 23.8 Å². The summed E-state index contributed by atoms with van der Waals surface area (Å²) in [6, 6.07) is 6.75. The van der Waals surface area contributed by atoms with Gasteiger partial charge in [0.1, 0.15) is 17.5 Å². The zero-order chi connectivity index (χ0) is 20.3. The molecule has 3 rings (SSSR count). The summed E-state index contributed by atoms with van der Waals surface area (Å²) in [6.07, 6.45) is 5.33. The van der Waals surface area contributed by atoms with E-state index in [0.29, 0.717) is 12.1 Å². The van der Waals surface area contributed by atoms with Gasteiger partial charge in [0.25, 0.3) is 5.91 Å². The van der Waals surface area contributed by atoms with Crippen LogP contribution in [0.25, 0.3) is 6.08 Å². The lowest BCUT2D eigenvalue weighted by molar-refractivity contribution is -0.131. The van der Waals surface area contributed by atoms with Crippen molar-refractivity contribution >= 4 is 17.9 Å². The Bertz CT molecular complexity index is 925. The molecule has 7 heteroatoms. The third kappa shape index (κ3) is 3.98. The van der Waals surface area contributed by atoms with E-state index < -0.39 is 6.04 Å². The van der Waals surface area contributed by atoms with Crippen molar-refractivity contribution in [3.8, 4) is 5.75 Å². The Kier molecular flexibility index (Phi) is 5.35. The number of amides is 2. The van der Waals surface area contributed by atoms with E-state index in [1.54, 1.807) is 25.6 Å². The minimum atomic E-state index is -0.638. The number of methoxy groups -OCH3 is 1. The van der Waals surface area contributed by atoms with Crippen LogP contribution in [0.4, 0.5) is 0 Å². The summed E-state index contributed by atoms with van der Waals surface area (Å²) in [5.74, 6) is 0.133. The minimum absolute atomic E-state index is 0.171. The van der Waals surface area contributed by atoms with E-state index in [4.69, 9.17) is 4.74 Å². The van der Waals surface area contributed by atoms with Gasteiger partial charge >= 0.3 is 0 Å². The Morgan fingerprint density at radius 2 is 1.96 bits per heavy atom. The summed E-state index contributed by atoms with van der Waals surface area (Å²) in [5, 5.41) is 5.47. The fraction of sp³-hybridized carbons (Fsp3) is 0.286. The first-order valence-electron chi connectivity index (χ1n) is 8.98. The first-order valence-corrected chi connectivity index (χ1v) is 8.98. The summed E-state index contributed by atoms with van der Waals surface area (Å²) < 4.78 is 5.13. The van der Waals surface area contributed by atoms with Crippen molar-refractivity contribution in [3.05, 3.63) is 65.9 Å². The number of hydrogen-bond donors (Lipinski definition) is 3. The maximum atomic E-state index is 12.5. The lowest BCUT2D eigenvalue weighted by Crippen LogP contribution is -2.55. The molecule has 28 heavy (non-hydrogen) atoms. The molecule has 0 saturated carbocycles. The van der Waals surface area contributed by atoms with E-state index >= 15 is 0 Å². The number of carbonyl (C=O) groups excluding carboxylic acids is 2. The summed E-state index contributed by atoms with van der Waals surface area (Å²) in [5.41, 5.74) is 2.15. The molecule has 0 aliphatic carbocycles. The lowest BCUT2D eigenvalue weighted by atomic mass is 9.88. The van der Waals surface area contributed by atoms with Crippen molar-refractivity contribution in [3.63, 3.8) is 0 Å². The van der Waals surface area contributed by atoms with Crippen molar-refractivity contribution < 1.29 is 14.3 Å². The van der Waals surface area contributed by atoms with Crippen molar-refractivity contribution in [2.75, 3.05) is 7.11 Å². The van der Waals surface area contributed by atoms with Crippen LogP contribution in [-0.4, -0.2) is 34.9 Å². The van der Waals surface area contributed by atoms with E-state index in [-0.39, 0.29) is 22.9 Å². The normalized spacial score (nSPS) is 18.5. The van der Waals surface area contributed by atoms with E-state index in [2.05, 4.69) is 27.2 Å². The Labute approximate surface area is 163 Å². The molecule has 2 heterocycles. The van der Waals surface area contributed by atoms with Crippen LogP contribution < -0.4 is 15.4 Å². The summed E-state index contributed by atoms with van der Waals surface area (Å²) in [6.45, 7) is 7.81. The number of carbonyl (C=O) groups is 2. The number of allylic oxidation sites excluding steroid dienone is 1. The second-order valence-corrected chi connectivity index (χ2v) is 7.21. The molecule has 1 aliphatic rings. The molecule has 1 aromatic carbocycles. The molecule has 1 atom stereocenters. The zero-order valence-corrected chi connectivity index (χ0v) is 16.2. The monoisotopic (exact) mass is 380 g/mol. The molecule has 1 aliphatic heterocycles. The fourth-order valence-electron chi connectivity index (χ4n) is 2.99. The first kappa shape index (κ1) is 19.4. The molecule has 1 fully saturated rings. The molecular formula is C21H24N4O3. The molecular weight excluding hydrogens is 356 g/mol. The Morgan fingerprint density at radius 1 is 1.25 bits per heavy atom. The van der Waals surface area contributed by atoms with E-state index in [9.17, 15) is 9.59 Å². The maximum absolute atomic E-state index is 12.5. The summed E-state index contributed by atoms with van der Waals surface area (Å²) >= 11 is 0. The van der Waals surface area contributed by atoms with Gasteiger partial charge in [0.15, 0.2) is 0 Å². The third-order valence-electron chi connectivity index (χ3n) is 4.83. The highest BCUT2D eigenvalue weighted by atomic mass is 16.5. The molecule has 0 spiro atoms. The maximum Gasteiger partial charge on any atom is 0.268 e. The van der Waals surface area contributed by atoms with Crippen molar-refractivity contribution in [2.45, 2.75) is 31.7 Å². The number of nitrogens with one attached hydrogen (secondary N) is 3. The minimum Gasteiger partial charge on any atom is -0.497 e. The molecule has 2 amide bonds.